The SMILES string of the molecule is CCOC(=O)/C=C/c1cc2c(Cl)ncnc2n1C(C)C. The van der Waals surface area contributed by atoms with E-state index < -0.39 is 0 Å². The quantitative estimate of drug-likeness (QED) is 0.493. The lowest BCUT2D eigenvalue weighted by molar-refractivity contribution is -0.137. The zero-order valence-corrected chi connectivity index (χ0v) is 12.4. The Kier molecular flexibility index (Phi) is 4.39. The lowest BCUT2D eigenvalue weighted by Crippen LogP contribution is -2.04. The molecule has 0 aliphatic heterocycles. The van der Waals surface area contributed by atoms with Crippen molar-refractivity contribution >= 4 is 34.7 Å². The highest BCUT2D eigenvalue weighted by molar-refractivity contribution is 6.34. The predicted molar refractivity (Wildman–Crippen MR) is 78.6 cm³/mol. The molecule has 2 heterocycles. The third-order valence-corrected chi connectivity index (χ3v) is 3.11. The molecule has 6 heteroatoms. The molecule has 2 rings (SSSR count). The molecule has 0 atom stereocenters. The Hall–Kier alpha value is -1.88. The first-order valence-corrected chi connectivity index (χ1v) is 6.78. The number of ether oxygens (including phenoxy) is 1. The standard InChI is InChI=1S/C14H16ClN3O2/c1-4-20-12(19)6-5-10-7-11-13(15)16-8-17-14(11)18(10)9(2)3/h5-9H,4H2,1-3H3/b6-5+. The van der Waals surface area contributed by atoms with E-state index in [4.69, 9.17) is 16.3 Å². The van der Waals surface area contributed by atoms with Gasteiger partial charge in [0.1, 0.15) is 17.1 Å². The third kappa shape index (κ3) is 2.82. The second kappa shape index (κ2) is 6.05. The molecule has 0 fully saturated rings. The maximum atomic E-state index is 11.4. The average Bonchev–Trinajstić information content (AvgIpc) is 2.77. The van der Waals surface area contributed by atoms with E-state index in [-0.39, 0.29) is 12.0 Å². The van der Waals surface area contributed by atoms with Crippen molar-refractivity contribution in [2.24, 2.45) is 0 Å². The molecular formula is C14H16ClN3O2. The van der Waals surface area contributed by atoms with Crippen molar-refractivity contribution in [1.82, 2.24) is 14.5 Å². The Balaban J connectivity index is 2.50. The number of carbonyl (C=O) groups is 1. The van der Waals surface area contributed by atoms with Crippen molar-refractivity contribution in [2.75, 3.05) is 6.61 Å². The number of aromatic nitrogens is 3. The van der Waals surface area contributed by atoms with Crippen LogP contribution in [0.1, 0.15) is 32.5 Å². The van der Waals surface area contributed by atoms with Crippen LogP contribution < -0.4 is 0 Å². The van der Waals surface area contributed by atoms with Gasteiger partial charge in [0.15, 0.2) is 0 Å². The van der Waals surface area contributed by atoms with Gasteiger partial charge in [0, 0.05) is 17.8 Å². The Morgan fingerprint density at radius 1 is 1.50 bits per heavy atom. The van der Waals surface area contributed by atoms with E-state index in [2.05, 4.69) is 9.97 Å². The van der Waals surface area contributed by atoms with Crippen LogP contribution in [-0.2, 0) is 9.53 Å². The Bertz CT molecular complexity index is 662. The molecule has 0 spiro atoms. The fourth-order valence-corrected chi connectivity index (χ4v) is 2.22. The summed E-state index contributed by atoms with van der Waals surface area (Å²) in [5, 5.41) is 1.17. The van der Waals surface area contributed by atoms with E-state index in [1.54, 1.807) is 13.0 Å². The molecular weight excluding hydrogens is 278 g/mol. The molecule has 20 heavy (non-hydrogen) atoms. The highest BCUT2D eigenvalue weighted by Gasteiger charge is 2.13. The van der Waals surface area contributed by atoms with E-state index in [1.807, 2.05) is 24.5 Å². The summed E-state index contributed by atoms with van der Waals surface area (Å²) in [6.07, 6.45) is 4.54. The van der Waals surface area contributed by atoms with Crippen molar-refractivity contribution in [3.8, 4) is 0 Å². The Morgan fingerprint density at radius 2 is 2.25 bits per heavy atom. The van der Waals surface area contributed by atoms with E-state index >= 15 is 0 Å². The van der Waals surface area contributed by atoms with Crippen LogP contribution in [0.15, 0.2) is 18.5 Å². The van der Waals surface area contributed by atoms with Crippen molar-refractivity contribution in [2.45, 2.75) is 26.8 Å². The fourth-order valence-electron chi connectivity index (χ4n) is 2.04. The first kappa shape index (κ1) is 14.5. The molecule has 0 aliphatic carbocycles. The fraction of sp³-hybridized carbons (Fsp3) is 0.357. The van der Waals surface area contributed by atoms with Gasteiger partial charge in [-0.05, 0) is 32.9 Å². The van der Waals surface area contributed by atoms with Crippen LogP contribution in [-0.4, -0.2) is 27.1 Å². The zero-order chi connectivity index (χ0) is 14.7. The minimum atomic E-state index is -0.370. The summed E-state index contributed by atoms with van der Waals surface area (Å²) >= 11 is 6.08. The normalized spacial score (nSPS) is 11.7. The van der Waals surface area contributed by atoms with Gasteiger partial charge in [-0.2, -0.15) is 0 Å². The molecule has 5 nitrogen and oxygen atoms in total. The molecule has 0 saturated carbocycles. The van der Waals surface area contributed by atoms with E-state index in [0.717, 1.165) is 16.7 Å². The van der Waals surface area contributed by atoms with Crippen molar-refractivity contribution < 1.29 is 9.53 Å². The number of nitrogens with zero attached hydrogens (tertiary/aromatic N) is 3. The molecule has 106 valence electrons. The number of halogens is 1. The monoisotopic (exact) mass is 293 g/mol. The third-order valence-electron chi connectivity index (χ3n) is 2.81. The van der Waals surface area contributed by atoms with Gasteiger partial charge >= 0.3 is 5.97 Å². The number of esters is 1. The summed E-state index contributed by atoms with van der Waals surface area (Å²) < 4.78 is 6.87. The molecule has 0 bridgehead atoms. The minimum Gasteiger partial charge on any atom is -0.463 e. The number of hydrogen-bond donors (Lipinski definition) is 0. The lowest BCUT2D eigenvalue weighted by Gasteiger charge is -2.11. The molecule has 2 aromatic heterocycles. The summed E-state index contributed by atoms with van der Waals surface area (Å²) in [5.74, 6) is -0.370. The first-order chi connectivity index (χ1) is 9.54. The van der Waals surface area contributed by atoms with Crippen LogP contribution >= 0.6 is 11.6 Å². The van der Waals surface area contributed by atoms with Gasteiger partial charge in [-0.1, -0.05) is 11.6 Å². The summed E-state index contributed by atoms with van der Waals surface area (Å²) in [4.78, 5) is 19.6. The maximum Gasteiger partial charge on any atom is 0.330 e. The van der Waals surface area contributed by atoms with Crippen molar-refractivity contribution in [3.05, 3.63) is 29.3 Å². The highest BCUT2D eigenvalue weighted by Crippen LogP contribution is 2.27. The van der Waals surface area contributed by atoms with Crippen LogP contribution in [0.3, 0.4) is 0 Å². The second-order valence-electron chi connectivity index (χ2n) is 4.52. The molecule has 2 aromatic rings. The van der Waals surface area contributed by atoms with Gasteiger partial charge in [0.25, 0.3) is 0 Å². The first-order valence-electron chi connectivity index (χ1n) is 6.40. The maximum absolute atomic E-state index is 11.4. The van der Waals surface area contributed by atoms with E-state index in [1.165, 1.54) is 12.4 Å². The number of fused-ring (bicyclic) bond motifs is 1. The van der Waals surface area contributed by atoms with Gasteiger partial charge in [0.2, 0.25) is 0 Å². The largest absolute Gasteiger partial charge is 0.463 e. The van der Waals surface area contributed by atoms with Crippen LogP contribution in [0, 0.1) is 0 Å². The highest BCUT2D eigenvalue weighted by atomic mass is 35.5. The molecule has 0 amide bonds. The van der Waals surface area contributed by atoms with Crippen LogP contribution in [0.25, 0.3) is 17.1 Å². The van der Waals surface area contributed by atoms with Gasteiger partial charge in [-0.15, -0.1) is 0 Å². The van der Waals surface area contributed by atoms with Gasteiger partial charge < -0.3 is 9.30 Å². The van der Waals surface area contributed by atoms with Crippen LogP contribution in [0.4, 0.5) is 0 Å². The Morgan fingerprint density at radius 3 is 2.90 bits per heavy atom. The van der Waals surface area contributed by atoms with Crippen LogP contribution in [0.2, 0.25) is 5.15 Å². The molecule has 0 radical (unpaired) electrons. The van der Waals surface area contributed by atoms with Crippen LogP contribution in [0.5, 0.6) is 0 Å². The summed E-state index contributed by atoms with van der Waals surface area (Å²) in [6, 6.07) is 2.05. The topological polar surface area (TPSA) is 57.0 Å². The lowest BCUT2D eigenvalue weighted by atomic mass is 10.3. The smallest absolute Gasteiger partial charge is 0.330 e. The van der Waals surface area contributed by atoms with E-state index in [9.17, 15) is 4.79 Å². The summed E-state index contributed by atoms with van der Waals surface area (Å²) in [5.41, 5.74) is 1.59. The molecule has 0 aromatic carbocycles. The van der Waals surface area contributed by atoms with Gasteiger partial charge in [-0.25, -0.2) is 14.8 Å². The van der Waals surface area contributed by atoms with Gasteiger partial charge in [-0.3, -0.25) is 0 Å². The summed E-state index contributed by atoms with van der Waals surface area (Å²) in [6.45, 7) is 6.20. The predicted octanol–water partition coefficient (Wildman–Crippen LogP) is 3.24. The average molecular weight is 294 g/mol. The Labute approximate surface area is 122 Å². The molecule has 0 unspecified atom stereocenters. The molecule has 0 N–H and O–H groups in total. The van der Waals surface area contributed by atoms with Gasteiger partial charge in [0.05, 0.1) is 12.0 Å². The number of rotatable bonds is 4. The van der Waals surface area contributed by atoms with E-state index in [0.29, 0.717) is 11.8 Å². The molecule has 0 aliphatic rings. The van der Waals surface area contributed by atoms with Crippen molar-refractivity contribution in [1.29, 1.82) is 0 Å². The summed E-state index contributed by atoms with van der Waals surface area (Å²) in [7, 11) is 0. The van der Waals surface area contributed by atoms with Crippen molar-refractivity contribution in [3.63, 3.8) is 0 Å². The second-order valence-corrected chi connectivity index (χ2v) is 4.88. The zero-order valence-electron chi connectivity index (χ0n) is 11.6. The number of carbonyl (C=O) groups excluding carboxylic acids is 1. The molecule has 0 saturated heterocycles. The minimum absolute atomic E-state index is 0.181. The number of hydrogen-bond acceptors (Lipinski definition) is 4.